The molecule has 31 heavy (non-hydrogen) atoms. The summed E-state index contributed by atoms with van der Waals surface area (Å²) in [4.78, 5) is 0. The first-order valence-electron chi connectivity index (χ1n) is 11.5. The van der Waals surface area contributed by atoms with Crippen molar-refractivity contribution in [3.63, 3.8) is 0 Å². The van der Waals surface area contributed by atoms with Gasteiger partial charge in [-0.15, -0.1) is 0 Å². The van der Waals surface area contributed by atoms with Gasteiger partial charge >= 0.3 is 59.6 Å². The van der Waals surface area contributed by atoms with Crippen molar-refractivity contribution in [3.05, 3.63) is 48.5 Å². The van der Waals surface area contributed by atoms with Gasteiger partial charge in [-0.3, -0.25) is 0 Å². The molecule has 2 N–H and O–H groups in total. The Balaban J connectivity index is 0.000000452. The zero-order valence-corrected chi connectivity index (χ0v) is 21.9. The molecule has 0 fully saturated rings. The number of nitrogens with one attached hydrogen (secondary N) is 2. The molecule has 174 valence electrons. The van der Waals surface area contributed by atoms with E-state index < -0.39 is 7.26 Å². The molecule has 0 spiro atoms. The standard InChI is InChI=1S/C17H20N2O2S.C8H21P/c1-3-20-15-9-5-13(6-10-15)18-17(22)19-14-7-11-16(12-8-14)21-4-2;1-5-9(6-2,7-3)8-4/h5-12H,3-4H2,1-2H3,(H2,18,19,22);9H,5-8H2,1-4H3. The van der Waals surface area contributed by atoms with Crippen molar-refractivity contribution < 1.29 is 9.47 Å². The van der Waals surface area contributed by atoms with Crippen molar-refractivity contribution in [1.82, 2.24) is 0 Å². The average molecular weight is 465 g/mol. The van der Waals surface area contributed by atoms with Crippen molar-refractivity contribution in [3.8, 4) is 11.5 Å². The van der Waals surface area contributed by atoms with Gasteiger partial charge in [0, 0.05) is 11.4 Å². The molecule has 0 aliphatic heterocycles. The third-order valence-electron chi connectivity index (χ3n) is 5.85. The van der Waals surface area contributed by atoms with E-state index >= 15 is 0 Å². The quantitative estimate of drug-likeness (QED) is 0.290. The van der Waals surface area contributed by atoms with Gasteiger partial charge < -0.3 is 20.1 Å². The second-order valence-corrected chi connectivity index (χ2v) is 13.6. The molecule has 2 aromatic carbocycles. The summed E-state index contributed by atoms with van der Waals surface area (Å²) in [6.07, 6.45) is 5.93. The molecule has 0 bridgehead atoms. The molecule has 0 amide bonds. The summed E-state index contributed by atoms with van der Waals surface area (Å²) in [6.45, 7) is 14.7. The minimum absolute atomic E-state index is 0.535. The van der Waals surface area contributed by atoms with Crippen LogP contribution in [0, 0.1) is 0 Å². The van der Waals surface area contributed by atoms with Crippen molar-refractivity contribution in [2.24, 2.45) is 0 Å². The van der Waals surface area contributed by atoms with E-state index in [0.29, 0.717) is 18.3 Å². The first-order chi connectivity index (χ1) is 14.9. The molecule has 0 radical (unpaired) electrons. The average Bonchev–Trinajstić information content (AvgIpc) is 2.79. The topological polar surface area (TPSA) is 42.5 Å². The van der Waals surface area contributed by atoms with E-state index in [2.05, 4.69) is 38.3 Å². The summed E-state index contributed by atoms with van der Waals surface area (Å²) in [6, 6.07) is 15.3. The van der Waals surface area contributed by atoms with Gasteiger partial charge in [-0.25, -0.2) is 0 Å². The van der Waals surface area contributed by atoms with Crippen LogP contribution in [0.5, 0.6) is 11.5 Å². The van der Waals surface area contributed by atoms with Crippen LogP contribution < -0.4 is 20.1 Å². The normalized spacial score (nSPS) is 11.0. The molecule has 0 aliphatic carbocycles. The Bertz CT molecular complexity index is 676. The van der Waals surface area contributed by atoms with Crippen LogP contribution in [0.4, 0.5) is 11.4 Å². The van der Waals surface area contributed by atoms with E-state index in [1.807, 2.05) is 62.4 Å². The van der Waals surface area contributed by atoms with Gasteiger partial charge in [-0.05, 0) is 74.6 Å². The Morgan fingerprint density at radius 2 is 0.968 bits per heavy atom. The van der Waals surface area contributed by atoms with Crippen LogP contribution in [0.25, 0.3) is 0 Å². The Morgan fingerprint density at radius 3 is 1.19 bits per heavy atom. The minimum atomic E-state index is -0.691. The first kappa shape index (κ1) is 27.2. The molecule has 0 saturated carbocycles. The van der Waals surface area contributed by atoms with Gasteiger partial charge in [0.05, 0.1) is 13.2 Å². The molecule has 2 rings (SSSR count). The summed E-state index contributed by atoms with van der Waals surface area (Å²) in [5.74, 6) is 1.69. The molecule has 6 heteroatoms. The van der Waals surface area contributed by atoms with Gasteiger partial charge in [-0.1, -0.05) is 0 Å². The third-order valence-corrected chi connectivity index (χ3v) is 12.1. The van der Waals surface area contributed by atoms with Gasteiger partial charge in [0.1, 0.15) is 11.5 Å². The van der Waals surface area contributed by atoms with Gasteiger partial charge in [0.2, 0.25) is 0 Å². The van der Waals surface area contributed by atoms with Crippen LogP contribution >= 0.6 is 19.5 Å². The van der Waals surface area contributed by atoms with E-state index in [0.717, 1.165) is 22.9 Å². The fourth-order valence-electron chi connectivity index (χ4n) is 3.40. The molecule has 0 unspecified atom stereocenters. The second-order valence-electron chi connectivity index (χ2n) is 7.41. The molecular formula is C25H41N2O2PS. The van der Waals surface area contributed by atoms with Crippen LogP contribution in [0.15, 0.2) is 48.5 Å². The van der Waals surface area contributed by atoms with Crippen LogP contribution in [0.2, 0.25) is 0 Å². The van der Waals surface area contributed by atoms with E-state index in [9.17, 15) is 0 Å². The van der Waals surface area contributed by atoms with Gasteiger partial charge in [-0.2, -0.15) is 0 Å². The van der Waals surface area contributed by atoms with Crippen molar-refractivity contribution in [2.75, 3.05) is 48.5 Å². The molecule has 4 nitrogen and oxygen atoms in total. The Labute approximate surface area is 195 Å². The number of benzene rings is 2. The molecule has 2 aromatic rings. The van der Waals surface area contributed by atoms with Crippen molar-refractivity contribution >= 4 is 36.0 Å². The summed E-state index contributed by atoms with van der Waals surface area (Å²) in [5.41, 5.74) is 1.82. The van der Waals surface area contributed by atoms with E-state index in [-0.39, 0.29) is 0 Å². The van der Waals surface area contributed by atoms with E-state index in [4.69, 9.17) is 21.7 Å². The van der Waals surface area contributed by atoms with Crippen LogP contribution in [0.1, 0.15) is 41.5 Å². The Kier molecular flexibility index (Phi) is 13.2. The Hall–Kier alpha value is -1.84. The predicted molar refractivity (Wildman–Crippen MR) is 146 cm³/mol. The van der Waals surface area contributed by atoms with Crippen molar-refractivity contribution in [1.29, 1.82) is 0 Å². The number of rotatable bonds is 10. The fraction of sp³-hybridized carbons (Fsp3) is 0.480. The molecule has 0 aliphatic rings. The predicted octanol–water partition coefficient (Wildman–Crippen LogP) is 7.11. The molecule has 0 aromatic heterocycles. The first-order valence-corrected chi connectivity index (χ1v) is 14.7. The zero-order chi connectivity index (χ0) is 23.1. The molecule has 0 heterocycles. The van der Waals surface area contributed by atoms with Crippen LogP contribution in [-0.2, 0) is 0 Å². The third kappa shape index (κ3) is 9.88. The maximum absolute atomic E-state index is 5.40. The number of hydrogen-bond acceptors (Lipinski definition) is 3. The van der Waals surface area contributed by atoms with Crippen LogP contribution in [0.3, 0.4) is 0 Å². The number of ether oxygens (including phenoxy) is 2. The van der Waals surface area contributed by atoms with Crippen LogP contribution in [-0.4, -0.2) is 43.0 Å². The molecular weight excluding hydrogens is 423 g/mol. The summed E-state index contributed by atoms with van der Waals surface area (Å²) >= 11 is 5.30. The van der Waals surface area contributed by atoms with E-state index in [1.165, 1.54) is 24.6 Å². The number of anilines is 2. The summed E-state index contributed by atoms with van der Waals surface area (Å²) in [7, 11) is -0.691. The second kappa shape index (κ2) is 15.0. The summed E-state index contributed by atoms with van der Waals surface area (Å²) < 4.78 is 10.8. The SMILES string of the molecule is CCOc1ccc(NC(=S)Nc2ccc(OCC)cc2)cc1.CC[PH](CC)(CC)CC. The summed E-state index contributed by atoms with van der Waals surface area (Å²) in [5, 5.41) is 6.80. The maximum atomic E-state index is 5.40. The fourth-order valence-corrected chi connectivity index (χ4v) is 6.63. The van der Waals surface area contributed by atoms with E-state index in [1.54, 1.807) is 0 Å². The molecule has 0 atom stereocenters. The monoisotopic (exact) mass is 464 g/mol. The number of hydrogen-bond donors (Lipinski definition) is 2. The van der Waals surface area contributed by atoms with Crippen molar-refractivity contribution in [2.45, 2.75) is 41.5 Å². The van der Waals surface area contributed by atoms with Gasteiger partial charge in [0.15, 0.2) is 5.11 Å². The number of thiocarbonyl (C=S) groups is 1. The van der Waals surface area contributed by atoms with Gasteiger partial charge in [0.25, 0.3) is 0 Å². The molecule has 0 saturated heterocycles. The zero-order valence-electron chi connectivity index (χ0n) is 20.1. The Morgan fingerprint density at radius 1 is 0.645 bits per heavy atom.